The summed E-state index contributed by atoms with van der Waals surface area (Å²) < 4.78 is 0.685. The lowest BCUT2D eigenvalue weighted by molar-refractivity contribution is -0.490. The van der Waals surface area contributed by atoms with Crippen LogP contribution in [0.3, 0.4) is 0 Å². The molecule has 0 N–H and O–H groups in total. The fraction of sp³-hybridized carbons (Fsp3) is 0.0667. The zero-order chi connectivity index (χ0) is 12.8. The van der Waals surface area contributed by atoms with Crippen LogP contribution in [0.1, 0.15) is 17.2 Å². The lowest BCUT2D eigenvalue weighted by Gasteiger charge is -2.16. The van der Waals surface area contributed by atoms with Gasteiger partial charge in [0.15, 0.2) is 6.07 Å². The van der Waals surface area contributed by atoms with Gasteiger partial charge in [-0.05, 0) is 0 Å². The van der Waals surface area contributed by atoms with Crippen LogP contribution in [0.5, 0.6) is 0 Å². The molecule has 3 nitrogen and oxygen atoms in total. The molecule has 2 rings (SSSR count). The van der Waals surface area contributed by atoms with E-state index < -0.39 is 6.04 Å². The van der Waals surface area contributed by atoms with Gasteiger partial charge in [-0.25, -0.2) is 0 Å². The third kappa shape index (κ3) is 2.55. The van der Waals surface area contributed by atoms with Crippen molar-refractivity contribution in [1.82, 2.24) is 0 Å². The maximum Gasteiger partial charge on any atom is 0.253 e. The second-order valence-corrected chi connectivity index (χ2v) is 3.84. The van der Waals surface area contributed by atoms with Gasteiger partial charge in [0.2, 0.25) is 6.04 Å². The summed E-state index contributed by atoms with van der Waals surface area (Å²) in [6.07, 6.45) is 0.991. The smallest absolute Gasteiger partial charge is 0.253 e. The molecular weight excluding hydrogens is 224 g/mol. The summed E-state index contributed by atoms with van der Waals surface area (Å²) in [5.41, 5.74) is 1.73. The molecule has 0 aliphatic rings. The summed E-state index contributed by atoms with van der Waals surface area (Å²) in [4.78, 5) is 0. The van der Waals surface area contributed by atoms with Gasteiger partial charge >= 0.3 is 0 Å². The Kier molecular flexibility index (Phi) is 3.72. The van der Waals surface area contributed by atoms with Gasteiger partial charge in [-0.2, -0.15) is 10.0 Å². The summed E-state index contributed by atoms with van der Waals surface area (Å²) in [6, 6.07) is 20.1. The van der Waals surface area contributed by atoms with E-state index in [0.717, 1.165) is 17.3 Å². The Morgan fingerprint density at radius 2 is 1.39 bits per heavy atom. The Hall–Kier alpha value is -2.60. The number of hydroxylamine groups is 1. The zero-order valence-corrected chi connectivity index (χ0v) is 9.73. The van der Waals surface area contributed by atoms with Gasteiger partial charge in [0.1, 0.15) is 0 Å². The Labute approximate surface area is 106 Å². The van der Waals surface area contributed by atoms with Gasteiger partial charge in [0.05, 0.1) is 0 Å². The Bertz CT molecular complexity index is 531. The molecule has 2 aromatic carbocycles. The van der Waals surface area contributed by atoms with Crippen molar-refractivity contribution in [3.05, 3.63) is 77.0 Å². The summed E-state index contributed by atoms with van der Waals surface area (Å²) in [5, 5.41) is 20.6. The monoisotopic (exact) mass is 236 g/mol. The van der Waals surface area contributed by atoms with Gasteiger partial charge in [-0.15, -0.1) is 0 Å². The van der Waals surface area contributed by atoms with Gasteiger partial charge in [0.25, 0.3) is 6.21 Å². The van der Waals surface area contributed by atoms with E-state index in [4.69, 9.17) is 5.26 Å². The molecular formula is C15H12N2O. The first-order valence-electron chi connectivity index (χ1n) is 5.61. The quantitative estimate of drug-likeness (QED) is 0.356. The molecule has 0 saturated heterocycles. The van der Waals surface area contributed by atoms with E-state index in [0.29, 0.717) is 4.74 Å². The van der Waals surface area contributed by atoms with E-state index in [2.05, 4.69) is 0 Å². The highest BCUT2D eigenvalue weighted by atomic mass is 16.5. The first-order chi connectivity index (χ1) is 8.83. The molecule has 3 heteroatoms. The topological polar surface area (TPSA) is 49.9 Å². The van der Waals surface area contributed by atoms with Crippen LogP contribution < -0.4 is 0 Å². The molecule has 0 unspecified atom stereocenters. The predicted molar refractivity (Wildman–Crippen MR) is 70.0 cm³/mol. The van der Waals surface area contributed by atoms with E-state index in [1.807, 2.05) is 60.7 Å². The second-order valence-electron chi connectivity index (χ2n) is 3.84. The van der Waals surface area contributed by atoms with Crippen molar-refractivity contribution in [2.75, 3.05) is 0 Å². The molecule has 88 valence electrons. The molecule has 0 aliphatic carbocycles. The molecule has 0 atom stereocenters. The van der Waals surface area contributed by atoms with Crippen LogP contribution in [-0.2, 0) is 0 Å². The zero-order valence-electron chi connectivity index (χ0n) is 9.73. The van der Waals surface area contributed by atoms with Gasteiger partial charge in [-0.3, -0.25) is 0 Å². The molecule has 0 spiro atoms. The predicted octanol–water partition coefficient (Wildman–Crippen LogP) is 2.88. The normalized spacial score (nSPS) is 11.2. The van der Waals surface area contributed by atoms with Crippen LogP contribution in [0.2, 0.25) is 0 Å². The molecule has 0 amide bonds. The second kappa shape index (κ2) is 5.65. The number of hydrogen-bond acceptors (Lipinski definition) is 2. The minimum absolute atomic E-state index is 0.480. The molecule has 0 aliphatic heterocycles. The Morgan fingerprint density at radius 3 is 1.78 bits per heavy atom. The lowest BCUT2D eigenvalue weighted by atomic mass is 9.99. The number of hydrogen-bond donors (Lipinski definition) is 0. The summed E-state index contributed by atoms with van der Waals surface area (Å²) in [6.45, 7) is 0. The highest BCUT2D eigenvalue weighted by molar-refractivity contribution is 5.70. The SMILES string of the molecule is N#C/C=[N+](\[O-])C(c1ccccc1)c1ccccc1. The van der Waals surface area contributed by atoms with Crippen LogP contribution in [0.4, 0.5) is 0 Å². The van der Waals surface area contributed by atoms with Crippen molar-refractivity contribution in [2.45, 2.75) is 6.04 Å². The molecule has 0 aromatic heterocycles. The van der Waals surface area contributed by atoms with E-state index in [1.165, 1.54) is 0 Å². The minimum atomic E-state index is -0.480. The highest BCUT2D eigenvalue weighted by Gasteiger charge is 2.20. The first-order valence-corrected chi connectivity index (χ1v) is 5.61. The lowest BCUT2D eigenvalue weighted by Crippen LogP contribution is -2.15. The van der Waals surface area contributed by atoms with E-state index in [1.54, 1.807) is 6.07 Å². The van der Waals surface area contributed by atoms with Crippen molar-refractivity contribution >= 4 is 6.21 Å². The molecule has 0 heterocycles. The minimum Gasteiger partial charge on any atom is -0.623 e. The van der Waals surface area contributed by atoms with Gasteiger partial charge in [-0.1, -0.05) is 60.7 Å². The first kappa shape index (κ1) is 11.9. The molecule has 0 bridgehead atoms. The third-order valence-electron chi connectivity index (χ3n) is 2.67. The van der Waals surface area contributed by atoms with Gasteiger partial charge < -0.3 is 5.21 Å². The molecule has 0 fully saturated rings. The summed E-state index contributed by atoms with van der Waals surface area (Å²) >= 11 is 0. The maximum atomic E-state index is 12.0. The van der Waals surface area contributed by atoms with E-state index in [9.17, 15) is 5.21 Å². The van der Waals surface area contributed by atoms with Crippen LogP contribution in [0, 0.1) is 16.5 Å². The average molecular weight is 236 g/mol. The van der Waals surface area contributed by atoms with E-state index in [-0.39, 0.29) is 0 Å². The van der Waals surface area contributed by atoms with Gasteiger partial charge in [0, 0.05) is 11.1 Å². The summed E-state index contributed by atoms with van der Waals surface area (Å²) in [5.74, 6) is 0. The van der Waals surface area contributed by atoms with Crippen LogP contribution >= 0.6 is 0 Å². The number of benzene rings is 2. The molecule has 2 aromatic rings. The third-order valence-corrected chi connectivity index (χ3v) is 2.67. The van der Waals surface area contributed by atoms with Crippen molar-refractivity contribution in [3.63, 3.8) is 0 Å². The Balaban J connectivity index is 2.49. The average Bonchev–Trinajstić information content (AvgIpc) is 2.42. The number of nitrogens with zero attached hydrogens (tertiary/aromatic N) is 2. The largest absolute Gasteiger partial charge is 0.623 e. The summed E-state index contributed by atoms with van der Waals surface area (Å²) in [7, 11) is 0. The van der Waals surface area contributed by atoms with Crippen LogP contribution in [0.25, 0.3) is 0 Å². The standard InChI is InChI=1S/C15H12N2O/c16-11-12-17(18)15(13-7-3-1-4-8-13)14-9-5-2-6-10-14/h1-10,12,15H/b17-12-. The molecule has 0 saturated carbocycles. The van der Waals surface area contributed by atoms with Crippen LogP contribution in [0.15, 0.2) is 60.7 Å². The van der Waals surface area contributed by atoms with Crippen molar-refractivity contribution < 1.29 is 4.74 Å². The van der Waals surface area contributed by atoms with Crippen LogP contribution in [-0.4, -0.2) is 11.0 Å². The van der Waals surface area contributed by atoms with Crippen molar-refractivity contribution in [1.29, 1.82) is 5.26 Å². The van der Waals surface area contributed by atoms with E-state index >= 15 is 0 Å². The maximum absolute atomic E-state index is 12.0. The molecule has 0 radical (unpaired) electrons. The molecule has 18 heavy (non-hydrogen) atoms. The van der Waals surface area contributed by atoms with Crippen molar-refractivity contribution in [2.24, 2.45) is 0 Å². The highest BCUT2D eigenvalue weighted by Crippen LogP contribution is 2.24. The fourth-order valence-electron chi connectivity index (χ4n) is 1.89. The number of rotatable bonds is 3. The number of nitriles is 1. The Morgan fingerprint density at radius 1 is 0.944 bits per heavy atom. The van der Waals surface area contributed by atoms with Crippen molar-refractivity contribution in [3.8, 4) is 6.07 Å². The fourth-order valence-corrected chi connectivity index (χ4v) is 1.89.